The molecular formula is C20H18O2. The third kappa shape index (κ3) is 3.12. The van der Waals surface area contributed by atoms with E-state index in [9.17, 15) is 5.11 Å². The summed E-state index contributed by atoms with van der Waals surface area (Å²) in [5.74, 6) is 1.02. The van der Waals surface area contributed by atoms with Crippen molar-refractivity contribution in [1.82, 2.24) is 0 Å². The van der Waals surface area contributed by atoms with E-state index in [0.29, 0.717) is 0 Å². The second-order valence-corrected chi connectivity index (χ2v) is 5.27. The topological polar surface area (TPSA) is 29.5 Å². The van der Waals surface area contributed by atoms with Crippen molar-refractivity contribution in [1.29, 1.82) is 0 Å². The van der Waals surface area contributed by atoms with Crippen molar-refractivity contribution >= 4 is 0 Å². The van der Waals surface area contributed by atoms with E-state index in [-0.39, 0.29) is 11.9 Å². The highest BCUT2D eigenvalue weighted by atomic mass is 16.5. The Kier molecular flexibility index (Phi) is 4.10. The van der Waals surface area contributed by atoms with Gasteiger partial charge in [-0.3, -0.25) is 0 Å². The van der Waals surface area contributed by atoms with Gasteiger partial charge in [-0.05, 0) is 41.8 Å². The number of hydrogen-bond donors (Lipinski definition) is 1. The van der Waals surface area contributed by atoms with Gasteiger partial charge in [0.1, 0.15) is 17.6 Å². The summed E-state index contributed by atoms with van der Waals surface area (Å²) in [5.41, 5.74) is 3.11. The van der Waals surface area contributed by atoms with Crippen LogP contribution in [-0.2, 0) is 0 Å². The molecule has 0 saturated carbocycles. The zero-order valence-corrected chi connectivity index (χ0v) is 12.4. The number of phenols is 1. The maximum Gasteiger partial charge on any atom is 0.149 e. The summed E-state index contributed by atoms with van der Waals surface area (Å²) in [5, 5.41) is 9.55. The Morgan fingerprint density at radius 1 is 0.773 bits per heavy atom. The molecule has 3 rings (SSSR count). The molecule has 0 bridgehead atoms. The van der Waals surface area contributed by atoms with E-state index in [1.54, 1.807) is 12.1 Å². The first kappa shape index (κ1) is 14.2. The van der Waals surface area contributed by atoms with E-state index in [2.05, 4.69) is 24.3 Å². The summed E-state index contributed by atoms with van der Waals surface area (Å²) in [6, 6.07) is 25.5. The summed E-state index contributed by atoms with van der Waals surface area (Å²) in [4.78, 5) is 0. The van der Waals surface area contributed by atoms with Crippen LogP contribution in [0.4, 0.5) is 0 Å². The zero-order chi connectivity index (χ0) is 15.4. The van der Waals surface area contributed by atoms with Crippen LogP contribution in [0.25, 0.3) is 0 Å². The van der Waals surface area contributed by atoms with Crippen LogP contribution in [0.1, 0.15) is 22.8 Å². The van der Waals surface area contributed by atoms with E-state index >= 15 is 0 Å². The lowest BCUT2D eigenvalue weighted by atomic mass is 10.0. The van der Waals surface area contributed by atoms with Crippen LogP contribution in [-0.4, -0.2) is 5.11 Å². The molecule has 0 amide bonds. The molecule has 0 aliphatic heterocycles. The minimum Gasteiger partial charge on any atom is -0.508 e. The molecule has 0 unspecified atom stereocenters. The first-order chi connectivity index (χ1) is 10.7. The van der Waals surface area contributed by atoms with E-state index in [1.807, 2.05) is 49.4 Å². The van der Waals surface area contributed by atoms with Crippen LogP contribution < -0.4 is 4.74 Å². The normalized spacial score (nSPS) is 10.6. The molecule has 0 saturated heterocycles. The summed E-state index contributed by atoms with van der Waals surface area (Å²) < 4.78 is 6.26. The maximum atomic E-state index is 9.55. The number of aryl methyl sites for hydroxylation is 1. The van der Waals surface area contributed by atoms with Gasteiger partial charge in [-0.15, -0.1) is 0 Å². The van der Waals surface area contributed by atoms with Crippen molar-refractivity contribution in [2.24, 2.45) is 0 Å². The molecule has 3 aromatic rings. The third-order valence-corrected chi connectivity index (χ3v) is 3.61. The average molecular weight is 290 g/mol. The Morgan fingerprint density at radius 3 is 1.82 bits per heavy atom. The Morgan fingerprint density at radius 2 is 1.32 bits per heavy atom. The molecule has 22 heavy (non-hydrogen) atoms. The van der Waals surface area contributed by atoms with E-state index < -0.39 is 0 Å². The van der Waals surface area contributed by atoms with Crippen molar-refractivity contribution < 1.29 is 9.84 Å². The zero-order valence-electron chi connectivity index (χ0n) is 12.4. The number of rotatable bonds is 4. The predicted molar refractivity (Wildman–Crippen MR) is 88.2 cm³/mol. The highest BCUT2D eigenvalue weighted by Gasteiger charge is 2.16. The Bertz CT molecular complexity index is 697. The summed E-state index contributed by atoms with van der Waals surface area (Å²) in [6.45, 7) is 1.93. The van der Waals surface area contributed by atoms with Crippen molar-refractivity contribution in [3.8, 4) is 11.5 Å². The monoisotopic (exact) mass is 290 g/mol. The van der Waals surface area contributed by atoms with Crippen molar-refractivity contribution in [3.05, 3.63) is 95.6 Å². The van der Waals surface area contributed by atoms with Crippen LogP contribution in [0.5, 0.6) is 11.5 Å². The third-order valence-electron chi connectivity index (χ3n) is 3.61. The van der Waals surface area contributed by atoms with E-state index in [1.165, 1.54) is 0 Å². The van der Waals surface area contributed by atoms with Crippen LogP contribution in [0, 0.1) is 6.92 Å². The molecule has 2 heteroatoms. The largest absolute Gasteiger partial charge is 0.508 e. The fourth-order valence-corrected chi connectivity index (χ4v) is 2.48. The van der Waals surface area contributed by atoms with Crippen molar-refractivity contribution in [3.63, 3.8) is 0 Å². The van der Waals surface area contributed by atoms with Crippen molar-refractivity contribution in [2.75, 3.05) is 0 Å². The number of phenolic OH excluding ortho intramolecular Hbond substituents is 1. The molecular weight excluding hydrogens is 272 g/mol. The molecule has 3 aromatic carbocycles. The molecule has 0 atom stereocenters. The van der Waals surface area contributed by atoms with Gasteiger partial charge in [-0.25, -0.2) is 0 Å². The van der Waals surface area contributed by atoms with Gasteiger partial charge in [0.15, 0.2) is 0 Å². The lowest BCUT2D eigenvalue weighted by Crippen LogP contribution is -2.10. The maximum absolute atomic E-state index is 9.55. The number of hydrogen-bond acceptors (Lipinski definition) is 2. The molecule has 0 aliphatic rings. The SMILES string of the molecule is Cc1cc(O)ccc1OC(c1ccccc1)c1ccccc1. The van der Waals surface area contributed by atoms with Gasteiger partial charge >= 0.3 is 0 Å². The molecule has 0 aromatic heterocycles. The highest BCUT2D eigenvalue weighted by molar-refractivity contribution is 5.40. The van der Waals surface area contributed by atoms with Gasteiger partial charge in [-0.2, -0.15) is 0 Å². The highest BCUT2D eigenvalue weighted by Crippen LogP contribution is 2.31. The Hall–Kier alpha value is -2.74. The minimum absolute atomic E-state index is 0.175. The molecule has 0 heterocycles. The van der Waals surface area contributed by atoms with Crippen LogP contribution in [0.15, 0.2) is 78.9 Å². The van der Waals surface area contributed by atoms with Gasteiger partial charge in [0, 0.05) is 0 Å². The predicted octanol–water partition coefficient (Wildman–Crippen LogP) is 4.87. The summed E-state index contributed by atoms with van der Waals surface area (Å²) >= 11 is 0. The molecule has 0 aliphatic carbocycles. The van der Waals surface area contributed by atoms with Gasteiger partial charge in [-0.1, -0.05) is 60.7 Å². The molecule has 0 radical (unpaired) electrons. The summed E-state index contributed by atoms with van der Waals surface area (Å²) in [6.07, 6.45) is -0.175. The Labute approximate surface area is 130 Å². The summed E-state index contributed by atoms with van der Waals surface area (Å²) in [7, 11) is 0. The molecule has 0 spiro atoms. The fraction of sp³-hybridized carbons (Fsp3) is 0.100. The number of aromatic hydroxyl groups is 1. The lowest BCUT2D eigenvalue weighted by molar-refractivity contribution is 0.245. The number of benzene rings is 3. The molecule has 110 valence electrons. The Balaban J connectivity index is 1.99. The molecule has 2 nitrogen and oxygen atoms in total. The van der Waals surface area contributed by atoms with Gasteiger partial charge < -0.3 is 9.84 Å². The molecule has 0 fully saturated rings. The fourth-order valence-electron chi connectivity index (χ4n) is 2.48. The smallest absolute Gasteiger partial charge is 0.149 e. The van der Waals surface area contributed by atoms with Gasteiger partial charge in [0.05, 0.1) is 0 Å². The second-order valence-electron chi connectivity index (χ2n) is 5.27. The standard InChI is InChI=1S/C20H18O2/c1-15-14-18(21)12-13-19(15)22-20(16-8-4-2-5-9-16)17-10-6-3-7-11-17/h2-14,20-21H,1H3. The van der Waals surface area contributed by atoms with E-state index in [4.69, 9.17) is 4.74 Å². The van der Waals surface area contributed by atoms with Gasteiger partial charge in [0.2, 0.25) is 0 Å². The average Bonchev–Trinajstić information content (AvgIpc) is 2.56. The van der Waals surface area contributed by atoms with Crippen LogP contribution in [0.3, 0.4) is 0 Å². The quantitative estimate of drug-likeness (QED) is 0.743. The van der Waals surface area contributed by atoms with E-state index in [0.717, 1.165) is 22.4 Å². The minimum atomic E-state index is -0.175. The first-order valence-electron chi connectivity index (χ1n) is 7.30. The first-order valence-corrected chi connectivity index (χ1v) is 7.30. The van der Waals surface area contributed by atoms with Gasteiger partial charge in [0.25, 0.3) is 0 Å². The second kappa shape index (κ2) is 6.35. The van der Waals surface area contributed by atoms with Crippen LogP contribution >= 0.6 is 0 Å². The lowest BCUT2D eigenvalue weighted by Gasteiger charge is -2.21. The molecule has 1 N–H and O–H groups in total. The van der Waals surface area contributed by atoms with Crippen molar-refractivity contribution in [2.45, 2.75) is 13.0 Å². The number of ether oxygens (including phenoxy) is 1. The van der Waals surface area contributed by atoms with Crippen LogP contribution in [0.2, 0.25) is 0 Å².